The molecule has 8 heteroatoms. The lowest BCUT2D eigenvalue weighted by atomic mass is 10.1. The molecule has 0 aliphatic carbocycles. The molecule has 23 heavy (non-hydrogen) atoms. The fourth-order valence-electron chi connectivity index (χ4n) is 2.29. The molecule has 4 nitrogen and oxygen atoms in total. The van der Waals surface area contributed by atoms with E-state index in [9.17, 15) is 4.39 Å². The molecular weight excluding hydrogens is 403 g/mol. The normalized spacial score (nSPS) is 12.7. The average molecular weight is 418 g/mol. The van der Waals surface area contributed by atoms with Crippen molar-refractivity contribution in [3.8, 4) is 0 Å². The fourth-order valence-corrected chi connectivity index (χ4v) is 3.68. The van der Waals surface area contributed by atoms with Crippen molar-refractivity contribution in [1.82, 2.24) is 14.6 Å². The van der Waals surface area contributed by atoms with E-state index in [1.165, 1.54) is 4.88 Å². The zero-order chi connectivity index (χ0) is 16.4. The minimum atomic E-state index is -0.837. The lowest BCUT2D eigenvalue weighted by molar-refractivity contribution is 0.341. The van der Waals surface area contributed by atoms with E-state index in [1.54, 1.807) is 22.8 Å². The van der Waals surface area contributed by atoms with Crippen LogP contribution in [0.25, 0.3) is 5.52 Å². The van der Waals surface area contributed by atoms with Crippen LogP contribution >= 0.6 is 38.9 Å². The molecule has 3 aromatic heterocycles. The van der Waals surface area contributed by atoms with Crippen LogP contribution in [0.5, 0.6) is 0 Å². The van der Waals surface area contributed by atoms with Crippen LogP contribution in [0, 0.1) is 0 Å². The van der Waals surface area contributed by atoms with Gasteiger partial charge in [-0.1, -0.05) is 6.07 Å². The van der Waals surface area contributed by atoms with Gasteiger partial charge in [0.2, 0.25) is 5.28 Å². The molecule has 0 spiro atoms. The first-order valence-electron chi connectivity index (χ1n) is 7.18. The van der Waals surface area contributed by atoms with Crippen LogP contribution in [-0.4, -0.2) is 20.8 Å². The van der Waals surface area contributed by atoms with Crippen LogP contribution < -0.4 is 5.32 Å². The van der Waals surface area contributed by atoms with Crippen LogP contribution in [0.3, 0.4) is 0 Å². The number of nitrogens with zero attached hydrogens (tertiary/aromatic N) is 3. The summed E-state index contributed by atoms with van der Waals surface area (Å²) >= 11 is 11.2. The standard InChI is InChI=1S/C15H15BrClFN4S/c1-9(18)4-5-10-7-12-14(19-8-11-3-2-6-23-11)20-15(17)21-22(12)13(10)16/h2-3,6-7,9H,4-5,8H2,1H3,(H,19,20,21). The van der Waals surface area contributed by atoms with E-state index >= 15 is 0 Å². The van der Waals surface area contributed by atoms with Crippen molar-refractivity contribution in [2.75, 3.05) is 5.32 Å². The molecule has 1 unspecified atom stereocenters. The van der Waals surface area contributed by atoms with Gasteiger partial charge in [-0.25, -0.2) is 8.91 Å². The van der Waals surface area contributed by atoms with Gasteiger partial charge in [-0.2, -0.15) is 4.98 Å². The van der Waals surface area contributed by atoms with Gasteiger partial charge >= 0.3 is 0 Å². The number of aromatic nitrogens is 3. The first-order chi connectivity index (χ1) is 11.0. The zero-order valence-electron chi connectivity index (χ0n) is 12.4. The molecule has 0 fully saturated rings. The van der Waals surface area contributed by atoms with Crippen molar-refractivity contribution < 1.29 is 4.39 Å². The summed E-state index contributed by atoms with van der Waals surface area (Å²) in [6.45, 7) is 2.23. The van der Waals surface area contributed by atoms with Crippen LogP contribution in [-0.2, 0) is 13.0 Å². The third-order valence-electron chi connectivity index (χ3n) is 3.44. The molecular formula is C15H15BrClFN4S. The van der Waals surface area contributed by atoms with E-state index in [1.807, 2.05) is 17.5 Å². The summed E-state index contributed by atoms with van der Waals surface area (Å²) in [6.07, 6.45) is 0.258. The summed E-state index contributed by atoms with van der Waals surface area (Å²) in [5.74, 6) is 0.665. The SMILES string of the molecule is CC(F)CCc1cc2c(NCc3cccs3)nc(Cl)nn2c1Br. The van der Waals surface area contributed by atoms with E-state index in [4.69, 9.17) is 11.6 Å². The average Bonchev–Trinajstić information content (AvgIpc) is 3.12. The highest BCUT2D eigenvalue weighted by atomic mass is 79.9. The van der Waals surface area contributed by atoms with Gasteiger partial charge in [-0.05, 0) is 70.4 Å². The number of hydrogen-bond acceptors (Lipinski definition) is 4. The quantitative estimate of drug-likeness (QED) is 0.606. The summed E-state index contributed by atoms with van der Waals surface area (Å²) in [4.78, 5) is 5.49. The number of nitrogens with one attached hydrogen (secondary N) is 1. The van der Waals surface area contributed by atoms with Gasteiger partial charge < -0.3 is 5.32 Å². The van der Waals surface area contributed by atoms with Crippen LogP contribution in [0.4, 0.5) is 10.2 Å². The predicted molar refractivity (Wildman–Crippen MR) is 96.2 cm³/mol. The van der Waals surface area contributed by atoms with Crippen molar-refractivity contribution in [3.63, 3.8) is 0 Å². The van der Waals surface area contributed by atoms with E-state index in [0.717, 1.165) is 15.7 Å². The Morgan fingerprint density at radius 1 is 1.52 bits per heavy atom. The summed E-state index contributed by atoms with van der Waals surface area (Å²) in [7, 11) is 0. The topological polar surface area (TPSA) is 42.2 Å². The Morgan fingerprint density at radius 3 is 3.04 bits per heavy atom. The molecule has 122 valence electrons. The van der Waals surface area contributed by atoms with Gasteiger partial charge in [-0.15, -0.1) is 16.4 Å². The summed E-state index contributed by atoms with van der Waals surface area (Å²) in [5, 5.41) is 9.71. The van der Waals surface area contributed by atoms with Gasteiger partial charge in [0, 0.05) is 4.88 Å². The van der Waals surface area contributed by atoms with Gasteiger partial charge in [0.15, 0.2) is 5.82 Å². The number of anilines is 1. The molecule has 0 aromatic carbocycles. The third kappa shape index (κ3) is 3.84. The molecule has 0 saturated heterocycles. The number of rotatable bonds is 6. The molecule has 0 radical (unpaired) electrons. The van der Waals surface area contributed by atoms with Gasteiger partial charge in [0.25, 0.3) is 0 Å². The summed E-state index contributed by atoms with van der Waals surface area (Å²) < 4.78 is 15.6. The third-order valence-corrected chi connectivity index (χ3v) is 5.32. The maximum absolute atomic E-state index is 13.1. The molecule has 0 aliphatic rings. The molecule has 0 bridgehead atoms. The van der Waals surface area contributed by atoms with Gasteiger partial charge in [0.1, 0.15) is 10.1 Å². The Labute approximate surface area is 150 Å². The Bertz CT molecular complexity index is 804. The van der Waals surface area contributed by atoms with Crippen LogP contribution in [0.1, 0.15) is 23.8 Å². The first-order valence-corrected chi connectivity index (χ1v) is 9.23. The zero-order valence-corrected chi connectivity index (χ0v) is 15.6. The highest BCUT2D eigenvalue weighted by Crippen LogP contribution is 2.28. The smallest absolute Gasteiger partial charge is 0.243 e. The summed E-state index contributed by atoms with van der Waals surface area (Å²) in [6, 6.07) is 6.04. The number of thiophene rings is 1. The van der Waals surface area contributed by atoms with Crippen molar-refractivity contribution in [2.24, 2.45) is 0 Å². The minimum absolute atomic E-state index is 0.160. The number of alkyl halides is 1. The van der Waals surface area contributed by atoms with E-state index in [0.29, 0.717) is 25.2 Å². The van der Waals surface area contributed by atoms with Crippen molar-refractivity contribution in [2.45, 2.75) is 32.5 Å². The molecule has 0 aliphatic heterocycles. The fraction of sp³-hybridized carbons (Fsp3) is 0.333. The first kappa shape index (κ1) is 16.7. The van der Waals surface area contributed by atoms with Crippen molar-refractivity contribution in [1.29, 1.82) is 0 Å². The molecule has 1 N–H and O–H groups in total. The Hall–Kier alpha value is -1.18. The van der Waals surface area contributed by atoms with E-state index in [-0.39, 0.29) is 5.28 Å². The number of fused-ring (bicyclic) bond motifs is 1. The number of halogens is 3. The summed E-state index contributed by atoms with van der Waals surface area (Å²) in [5.41, 5.74) is 1.81. The molecule has 3 rings (SSSR count). The molecule has 0 amide bonds. The number of hydrogen-bond donors (Lipinski definition) is 1. The lowest BCUT2D eigenvalue weighted by Gasteiger charge is -2.06. The van der Waals surface area contributed by atoms with Gasteiger partial charge in [-0.3, -0.25) is 0 Å². The van der Waals surface area contributed by atoms with Crippen molar-refractivity contribution in [3.05, 3.63) is 43.9 Å². The van der Waals surface area contributed by atoms with Crippen LogP contribution in [0.2, 0.25) is 5.28 Å². The molecule has 3 aromatic rings. The Kier molecular flexibility index (Phi) is 5.18. The lowest BCUT2D eigenvalue weighted by Crippen LogP contribution is -2.05. The Morgan fingerprint density at radius 2 is 2.35 bits per heavy atom. The second kappa shape index (κ2) is 7.15. The molecule has 0 saturated carbocycles. The van der Waals surface area contributed by atoms with E-state index < -0.39 is 6.17 Å². The highest BCUT2D eigenvalue weighted by Gasteiger charge is 2.15. The Balaban J connectivity index is 1.92. The van der Waals surface area contributed by atoms with E-state index in [2.05, 4.69) is 37.4 Å². The van der Waals surface area contributed by atoms with Crippen LogP contribution in [0.15, 0.2) is 28.2 Å². The van der Waals surface area contributed by atoms with Gasteiger partial charge in [0.05, 0.1) is 12.7 Å². The van der Waals surface area contributed by atoms with Crippen molar-refractivity contribution >= 4 is 50.2 Å². The molecule has 3 heterocycles. The largest absolute Gasteiger partial charge is 0.363 e. The maximum atomic E-state index is 13.1. The maximum Gasteiger partial charge on any atom is 0.243 e. The predicted octanol–water partition coefficient (Wildman–Crippen LogP) is 5.11. The number of aryl methyl sites for hydroxylation is 1. The molecule has 1 atom stereocenters. The highest BCUT2D eigenvalue weighted by molar-refractivity contribution is 9.10. The second-order valence-electron chi connectivity index (χ2n) is 5.24. The minimum Gasteiger partial charge on any atom is -0.363 e. The second-order valence-corrected chi connectivity index (χ2v) is 7.36. The monoisotopic (exact) mass is 416 g/mol.